The summed E-state index contributed by atoms with van der Waals surface area (Å²) in [6.45, 7) is 9.12. The highest BCUT2D eigenvalue weighted by Gasteiger charge is 2.26. The fraction of sp³-hybridized carbons (Fsp3) is 0.429. The first-order chi connectivity index (χ1) is 10.2. The molecule has 1 aliphatic rings. The number of rotatable bonds is 4. The fourth-order valence-corrected chi connectivity index (χ4v) is 4.00. The zero-order valence-corrected chi connectivity index (χ0v) is 13.8. The predicted octanol–water partition coefficient (Wildman–Crippen LogP) is 5.31. The lowest BCUT2D eigenvalue weighted by atomic mass is 9.86. The van der Waals surface area contributed by atoms with Crippen LogP contribution in [0.3, 0.4) is 0 Å². The molecule has 2 aromatic carbocycles. The molecule has 0 bridgehead atoms. The summed E-state index contributed by atoms with van der Waals surface area (Å²) in [5, 5.41) is 0. The van der Waals surface area contributed by atoms with Gasteiger partial charge in [-0.3, -0.25) is 0 Å². The second-order valence-corrected chi connectivity index (χ2v) is 5.96. The van der Waals surface area contributed by atoms with E-state index in [-0.39, 0.29) is 0 Å². The topological polar surface area (TPSA) is 0 Å². The Morgan fingerprint density at radius 2 is 1.62 bits per heavy atom. The lowest BCUT2D eigenvalue weighted by Crippen LogP contribution is -2.03. The smallest absolute Gasteiger partial charge is 0.000697 e. The van der Waals surface area contributed by atoms with E-state index in [0.29, 0.717) is 0 Å². The maximum Gasteiger partial charge on any atom is -0.000697 e. The van der Waals surface area contributed by atoms with Crippen molar-refractivity contribution in [2.75, 3.05) is 0 Å². The van der Waals surface area contributed by atoms with Gasteiger partial charge >= 0.3 is 0 Å². The van der Waals surface area contributed by atoms with Gasteiger partial charge in [-0.1, -0.05) is 45.9 Å². The van der Waals surface area contributed by atoms with Crippen LogP contribution in [0, 0.1) is 6.07 Å². The molecule has 2 aromatic rings. The zero-order chi connectivity index (χ0) is 15.0. The van der Waals surface area contributed by atoms with Crippen LogP contribution in [0.4, 0.5) is 0 Å². The normalized spacial score (nSPS) is 12.4. The molecular weight excluding hydrogens is 252 g/mol. The van der Waals surface area contributed by atoms with Gasteiger partial charge in [0.05, 0.1) is 0 Å². The van der Waals surface area contributed by atoms with E-state index in [0.717, 1.165) is 32.1 Å². The fourth-order valence-electron chi connectivity index (χ4n) is 4.00. The van der Waals surface area contributed by atoms with Crippen molar-refractivity contribution in [1.82, 2.24) is 0 Å². The summed E-state index contributed by atoms with van der Waals surface area (Å²) in [5.74, 6) is 0. The average Bonchev–Trinajstić information content (AvgIpc) is 2.90. The summed E-state index contributed by atoms with van der Waals surface area (Å²) >= 11 is 0. The lowest BCUT2D eigenvalue weighted by molar-refractivity contribution is 0.974. The van der Waals surface area contributed by atoms with Crippen LogP contribution in [0.2, 0.25) is 0 Å². The van der Waals surface area contributed by atoms with E-state index in [4.69, 9.17) is 0 Å². The first-order valence-corrected chi connectivity index (χ1v) is 8.44. The third-order valence-corrected chi connectivity index (χ3v) is 4.93. The summed E-state index contributed by atoms with van der Waals surface area (Å²) in [6, 6.07) is 10.6. The largest absolute Gasteiger partial charge is 0.0617 e. The van der Waals surface area contributed by atoms with Gasteiger partial charge in [0, 0.05) is 0 Å². The first-order valence-electron chi connectivity index (χ1n) is 8.44. The first kappa shape index (κ1) is 14.4. The van der Waals surface area contributed by atoms with Crippen molar-refractivity contribution in [3.8, 4) is 11.1 Å². The Morgan fingerprint density at radius 3 is 2.24 bits per heavy atom. The molecule has 0 amide bonds. The zero-order valence-electron chi connectivity index (χ0n) is 13.8. The number of hydrogen-bond donors (Lipinski definition) is 0. The minimum absolute atomic E-state index is 1.07. The van der Waals surface area contributed by atoms with Gasteiger partial charge in [-0.25, -0.2) is 0 Å². The van der Waals surface area contributed by atoms with E-state index in [1.54, 1.807) is 11.1 Å². The number of aryl methyl sites for hydroxylation is 2. The maximum atomic E-state index is 3.77. The summed E-state index contributed by atoms with van der Waals surface area (Å²) in [7, 11) is 0. The summed E-state index contributed by atoms with van der Waals surface area (Å²) in [5.41, 5.74) is 12.1. The molecule has 0 heterocycles. The van der Waals surface area contributed by atoms with Crippen LogP contribution in [0.25, 0.3) is 11.1 Å². The van der Waals surface area contributed by atoms with Crippen LogP contribution in [-0.4, -0.2) is 0 Å². The highest BCUT2D eigenvalue weighted by molar-refractivity contribution is 5.83. The number of fused-ring (bicyclic) bond motifs is 3. The number of benzene rings is 2. The van der Waals surface area contributed by atoms with Crippen molar-refractivity contribution in [1.29, 1.82) is 0 Å². The molecule has 0 fully saturated rings. The third-order valence-electron chi connectivity index (χ3n) is 4.93. The Hall–Kier alpha value is -1.56. The van der Waals surface area contributed by atoms with E-state index in [2.05, 4.69) is 52.0 Å². The molecule has 0 saturated heterocycles. The molecule has 3 rings (SSSR count). The highest BCUT2D eigenvalue weighted by Crippen LogP contribution is 2.43. The third kappa shape index (κ3) is 2.12. The van der Waals surface area contributed by atoms with E-state index in [9.17, 15) is 0 Å². The highest BCUT2D eigenvalue weighted by atomic mass is 14.3. The average molecular weight is 277 g/mol. The van der Waals surface area contributed by atoms with Gasteiger partial charge in [0.15, 0.2) is 0 Å². The van der Waals surface area contributed by atoms with Crippen LogP contribution in [-0.2, 0) is 32.1 Å². The molecule has 0 nitrogen and oxygen atoms in total. The molecule has 1 aliphatic carbocycles. The SMILES string of the molecule is CCc1[c]c2c(c(CC)c1CC)-c1c(CC)cccc1C2. The number of hydrogen-bond acceptors (Lipinski definition) is 0. The van der Waals surface area contributed by atoms with Crippen LogP contribution in [0.15, 0.2) is 18.2 Å². The predicted molar refractivity (Wildman–Crippen MR) is 91.0 cm³/mol. The van der Waals surface area contributed by atoms with Gasteiger partial charge in [0.1, 0.15) is 0 Å². The van der Waals surface area contributed by atoms with Gasteiger partial charge in [-0.05, 0) is 82.7 Å². The Labute approximate surface area is 129 Å². The van der Waals surface area contributed by atoms with E-state index < -0.39 is 0 Å². The molecule has 0 aliphatic heterocycles. The minimum atomic E-state index is 1.07. The summed E-state index contributed by atoms with van der Waals surface area (Å²) in [4.78, 5) is 0. The lowest BCUT2D eigenvalue weighted by Gasteiger charge is -2.18. The molecule has 0 heteroatoms. The second kappa shape index (κ2) is 5.67. The van der Waals surface area contributed by atoms with Gasteiger partial charge in [0.2, 0.25) is 0 Å². The van der Waals surface area contributed by atoms with Crippen LogP contribution in [0.1, 0.15) is 61.1 Å². The molecule has 0 spiro atoms. The summed E-state index contributed by atoms with van der Waals surface area (Å²) in [6.07, 6.45) is 5.54. The van der Waals surface area contributed by atoms with E-state index >= 15 is 0 Å². The van der Waals surface area contributed by atoms with Gasteiger partial charge < -0.3 is 0 Å². The minimum Gasteiger partial charge on any atom is -0.0617 e. The Balaban J connectivity index is 2.34. The Bertz CT molecular complexity index is 677. The molecule has 0 aromatic heterocycles. The van der Waals surface area contributed by atoms with Crippen molar-refractivity contribution in [3.63, 3.8) is 0 Å². The van der Waals surface area contributed by atoms with Crippen LogP contribution in [0.5, 0.6) is 0 Å². The molecule has 0 unspecified atom stereocenters. The van der Waals surface area contributed by atoms with Crippen molar-refractivity contribution < 1.29 is 0 Å². The summed E-state index contributed by atoms with van der Waals surface area (Å²) < 4.78 is 0. The van der Waals surface area contributed by atoms with Crippen molar-refractivity contribution in [2.45, 2.75) is 59.8 Å². The Morgan fingerprint density at radius 1 is 0.857 bits per heavy atom. The molecular formula is C21H25. The molecule has 0 saturated carbocycles. The van der Waals surface area contributed by atoms with Crippen LogP contribution >= 0.6 is 0 Å². The van der Waals surface area contributed by atoms with Gasteiger partial charge in [0.25, 0.3) is 0 Å². The molecule has 0 atom stereocenters. The molecule has 1 radical (unpaired) electrons. The monoisotopic (exact) mass is 277 g/mol. The molecule has 109 valence electrons. The Kier molecular flexibility index (Phi) is 3.89. The van der Waals surface area contributed by atoms with Crippen molar-refractivity contribution in [2.24, 2.45) is 0 Å². The maximum absolute atomic E-state index is 3.77. The van der Waals surface area contributed by atoms with E-state index in [1.807, 2.05) is 0 Å². The standard InChI is InChI=1S/C21H25/c1-5-14-10-9-11-16-13-17-12-15(6-2)18(7-3)19(8-4)21(17)20(14)16/h9-11H,5-8,13H2,1-4H3. The van der Waals surface area contributed by atoms with Gasteiger partial charge in [-0.2, -0.15) is 0 Å². The van der Waals surface area contributed by atoms with Gasteiger partial charge in [-0.15, -0.1) is 0 Å². The molecule has 21 heavy (non-hydrogen) atoms. The van der Waals surface area contributed by atoms with E-state index in [1.165, 1.54) is 33.4 Å². The van der Waals surface area contributed by atoms with Crippen molar-refractivity contribution >= 4 is 0 Å². The van der Waals surface area contributed by atoms with Crippen molar-refractivity contribution in [3.05, 3.63) is 57.6 Å². The van der Waals surface area contributed by atoms with Crippen LogP contribution < -0.4 is 0 Å². The quantitative estimate of drug-likeness (QED) is 0.606. The molecule has 0 N–H and O–H groups in total. The second-order valence-electron chi connectivity index (χ2n) is 5.96.